The lowest BCUT2D eigenvalue weighted by atomic mass is 10.4. The number of halogens is 1. The Morgan fingerprint density at radius 2 is 2.12 bits per heavy atom. The molecule has 0 saturated carbocycles. The smallest absolute Gasteiger partial charge is 0.0103 e. The summed E-state index contributed by atoms with van der Waals surface area (Å²) < 4.78 is 0.899. The lowest BCUT2D eigenvalue weighted by Crippen LogP contribution is -1.51. The molecule has 0 saturated heterocycles. The van der Waals surface area contributed by atoms with E-state index >= 15 is 0 Å². The van der Waals surface area contributed by atoms with Gasteiger partial charge in [0, 0.05) is 4.48 Å². The third-order valence-corrected chi connectivity index (χ3v) is 0.845. The van der Waals surface area contributed by atoms with Crippen molar-refractivity contribution >= 4 is 15.9 Å². The molecule has 0 aliphatic heterocycles. The molecule has 0 heterocycles. The average Bonchev–Trinajstić information content (AvgIpc) is 1.66. The Balaban J connectivity index is 3.50. The molecule has 0 aliphatic carbocycles. The predicted molar refractivity (Wildman–Crippen MR) is 42.0 cm³/mol. The van der Waals surface area contributed by atoms with Crippen LogP contribution in [0.15, 0.2) is 35.4 Å². The van der Waals surface area contributed by atoms with Crippen LogP contribution in [0.3, 0.4) is 0 Å². The van der Waals surface area contributed by atoms with Crippen LogP contribution in [0.1, 0.15) is 6.92 Å². The van der Waals surface area contributed by atoms with Gasteiger partial charge in [0.25, 0.3) is 0 Å². The van der Waals surface area contributed by atoms with Crippen LogP contribution >= 0.6 is 15.9 Å². The molecule has 0 aromatic heterocycles. The molecule has 0 aromatic rings. The predicted octanol–water partition coefficient (Wildman–Crippen LogP) is 3.03. The minimum atomic E-state index is 0.899. The molecule has 0 fully saturated rings. The molecule has 8 heavy (non-hydrogen) atoms. The first-order valence-corrected chi connectivity index (χ1v) is 3.20. The van der Waals surface area contributed by atoms with Gasteiger partial charge in [-0.1, -0.05) is 40.7 Å². The first-order valence-electron chi connectivity index (χ1n) is 2.41. The normalized spacial score (nSPS) is 11.2. The van der Waals surface area contributed by atoms with Crippen LogP contribution in [-0.4, -0.2) is 0 Å². The molecule has 0 aromatic carbocycles. The standard InChI is InChI=1S/C7H9Br/c1-3-4-5-6-7(2)8/h3-6H,2H2,1H3/b4-3-,6-5-. The maximum Gasteiger partial charge on any atom is 0.0103 e. The van der Waals surface area contributed by atoms with Gasteiger partial charge in [0.15, 0.2) is 0 Å². The topological polar surface area (TPSA) is 0 Å². The van der Waals surface area contributed by atoms with Gasteiger partial charge >= 0.3 is 0 Å². The molecule has 0 amide bonds. The SMILES string of the molecule is C=C(Br)/C=C\C=C/C. The summed E-state index contributed by atoms with van der Waals surface area (Å²) in [6, 6.07) is 0. The second kappa shape index (κ2) is 4.85. The van der Waals surface area contributed by atoms with Crippen molar-refractivity contribution in [2.24, 2.45) is 0 Å². The minimum Gasteiger partial charge on any atom is -0.0877 e. The second-order valence-corrected chi connectivity index (χ2v) is 2.35. The minimum absolute atomic E-state index is 0.899. The van der Waals surface area contributed by atoms with Crippen LogP contribution in [-0.2, 0) is 0 Å². The largest absolute Gasteiger partial charge is 0.0877 e. The molecule has 0 N–H and O–H groups in total. The van der Waals surface area contributed by atoms with Gasteiger partial charge in [-0.2, -0.15) is 0 Å². The van der Waals surface area contributed by atoms with Gasteiger partial charge in [0.1, 0.15) is 0 Å². The molecule has 0 bridgehead atoms. The number of allylic oxidation sites excluding steroid dienone is 5. The van der Waals surface area contributed by atoms with E-state index in [0.717, 1.165) is 4.48 Å². The fourth-order valence-corrected chi connectivity index (χ4v) is 0.424. The zero-order valence-corrected chi connectivity index (χ0v) is 6.48. The fourth-order valence-electron chi connectivity index (χ4n) is 0.271. The van der Waals surface area contributed by atoms with Crippen molar-refractivity contribution < 1.29 is 0 Å². The lowest BCUT2D eigenvalue weighted by Gasteiger charge is -1.75. The molecule has 0 spiro atoms. The lowest BCUT2D eigenvalue weighted by molar-refractivity contribution is 1.73. The van der Waals surface area contributed by atoms with E-state index in [-0.39, 0.29) is 0 Å². The van der Waals surface area contributed by atoms with Crippen molar-refractivity contribution in [1.82, 2.24) is 0 Å². The summed E-state index contributed by atoms with van der Waals surface area (Å²) in [5.74, 6) is 0. The third-order valence-electron chi connectivity index (χ3n) is 0.581. The van der Waals surface area contributed by atoms with Crippen molar-refractivity contribution in [2.45, 2.75) is 6.92 Å². The van der Waals surface area contributed by atoms with Gasteiger partial charge in [0.05, 0.1) is 0 Å². The van der Waals surface area contributed by atoms with Crippen molar-refractivity contribution in [1.29, 1.82) is 0 Å². The van der Waals surface area contributed by atoms with E-state index in [1.54, 1.807) is 0 Å². The van der Waals surface area contributed by atoms with E-state index in [1.807, 2.05) is 31.2 Å². The van der Waals surface area contributed by atoms with Crippen LogP contribution in [0.4, 0.5) is 0 Å². The van der Waals surface area contributed by atoms with Crippen molar-refractivity contribution in [3.8, 4) is 0 Å². The Bertz CT molecular complexity index is 120. The Labute approximate surface area is 58.7 Å². The highest BCUT2D eigenvalue weighted by atomic mass is 79.9. The highest BCUT2D eigenvalue weighted by Crippen LogP contribution is 2.00. The number of hydrogen-bond donors (Lipinski definition) is 0. The average molecular weight is 173 g/mol. The molecule has 0 nitrogen and oxygen atoms in total. The molecule has 0 unspecified atom stereocenters. The molecule has 0 atom stereocenters. The van der Waals surface area contributed by atoms with E-state index in [1.165, 1.54) is 0 Å². The Morgan fingerprint density at radius 1 is 1.50 bits per heavy atom. The fraction of sp³-hybridized carbons (Fsp3) is 0.143. The van der Waals surface area contributed by atoms with E-state index in [9.17, 15) is 0 Å². The van der Waals surface area contributed by atoms with Gasteiger partial charge in [-0.3, -0.25) is 0 Å². The van der Waals surface area contributed by atoms with E-state index in [2.05, 4.69) is 22.5 Å². The molecule has 0 rings (SSSR count). The summed E-state index contributed by atoms with van der Waals surface area (Å²) in [6.07, 6.45) is 7.73. The summed E-state index contributed by atoms with van der Waals surface area (Å²) in [4.78, 5) is 0. The molecule has 0 aliphatic rings. The van der Waals surface area contributed by atoms with Gasteiger partial charge in [-0.15, -0.1) is 0 Å². The van der Waals surface area contributed by atoms with E-state index in [0.29, 0.717) is 0 Å². The van der Waals surface area contributed by atoms with Crippen LogP contribution in [0.25, 0.3) is 0 Å². The Hall–Kier alpha value is -0.300. The summed E-state index contributed by atoms with van der Waals surface area (Å²) >= 11 is 3.19. The molecule has 1 heteroatoms. The third kappa shape index (κ3) is 5.70. The van der Waals surface area contributed by atoms with Crippen molar-refractivity contribution in [2.75, 3.05) is 0 Å². The zero-order chi connectivity index (χ0) is 6.41. The van der Waals surface area contributed by atoms with Crippen molar-refractivity contribution in [3.05, 3.63) is 35.4 Å². The highest BCUT2D eigenvalue weighted by molar-refractivity contribution is 9.11. The molecular formula is C7H9Br. The number of hydrogen-bond acceptors (Lipinski definition) is 0. The molecule has 44 valence electrons. The maximum atomic E-state index is 3.62. The van der Waals surface area contributed by atoms with Crippen LogP contribution in [0, 0.1) is 0 Å². The maximum absolute atomic E-state index is 3.62. The van der Waals surface area contributed by atoms with Gasteiger partial charge in [-0.25, -0.2) is 0 Å². The summed E-state index contributed by atoms with van der Waals surface area (Å²) in [6.45, 7) is 5.60. The monoisotopic (exact) mass is 172 g/mol. The van der Waals surface area contributed by atoms with E-state index < -0.39 is 0 Å². The second-order valence-electron chi connectivity index (χ2n) is 1.33. The first-order chi connectivity index (χ1) is 3.77. The van der Waals surface area contributed by atoms with Crippen LogP contribution in [0.2, 0.25) is 0 Å². The summed E-state index contributed by atoms with van der Waals surface area (Å²) in [5.41, 5.74) is 0. The number of rotatable bonds is 2. The Morgan fingerprint density at radius 3 is 2.50 bits per heavy atom. The first kappa shape index (κ1) is 7.70. The molecule has 0 radical (unpaired) electrons. The summed E-state index contributed by atoms with van der Waals surface area (Å²) in [7, 11) is 0. The van der Waals surface area contributed by atoms with Gasteiger partial charge in [-0.05, 0) is 13.0 Å². The van der Waals surface area contributed by atoms with Crippen LogP contribution in [0.5, 0.6) is 0 Å². The molecular weight excluding hydrogens is 164 g/mol. The van der Waals surface area contributed by atoms with Crippen LogP contribution < -0.4 is 0 Å². The Kier molecular flexibility index (Phi) is 4.67. The van der Waals surface area contributed by atoms with E-state index in [4.69, 9.17) is 0 Å². The summed E-state index contributed by atoms with van der Waals surface area (Å²) in [5, 5.41) is 0. The van der Waals surface area contributed by atoms with Gasteiger partial charge in [0.2, 0.25) is 0 Å². The van der Waals surface area contributed by atoms with Crippen molar-refractivity contribution in [3.63, 3.8) is 0 Å². The van der Waals surface area contributed by atoms with Gasteiger partial charge < -0.3 is 0 Å². The quantitative estimate of drug-likeness (QED) is 0.563. The highest BCUT2D eigenvalue weighted by Gasteiger charge is 1.69. The zero-order valence-electron chi connectivity index (χ0n) is 4.89.